The van der Waals surface area contributed by atoms with Crippen LogP contribution in [0.5, 0.6) is 0 Å². The average molecular weight is 1350 g/mol. The Morgan fingerprint density at radius 1 is 0.522 bits per heavy atom. The number of nitrogens with one attached hydrogen (secondary N) is 4. The van der Waals surface area contributed by atoms with Crippen LogP contribution in [0.1, 0.15) is 86.1 Å². The van der Waals surface area contributed by atoms with E-state index in [9.17, 15) is 37.8 Å². The van der Waals surface area contributed by atoms with Crippen LogP contribution >= 0.6 is 75.0 Å². The maximum atomic E-state index is 13.1. The number of aromatic nitrogens is 8. The van der Waals surface area contributed by atoms with Crippen LogP contribution in [0.4, 0.5) is 0 Å². The number of rotatable bonds is 19. The van der Waals surface area contributed by atoms with Crippen molar-refractivity contribution in [2.75, 3.05) is 33.2 Å². The van der Waals surface area contributed by atoms with Crippen molar-refractivity contribution >= 4 is 103 Å². The van der Waals surface area contributed by atoms with Crippen LogP contribution < -0.4 is 43.4 Å². The summed E-state index contributed by atoms with van der Waals surface area (Å²) in [6.07, 6.45) is 8.76. The maximum absolute atomic E-state index is 13.1. The van der Waals surface area contributed by atoms with Gasteiger partial charge in [0.15, 0.2) is 0 Å². The monoisotopic (exact) mass is 1350 g/mol. The molecule has 7 N–H and O–H groups in total. The number of hydrogen-bond donors (Lipinski definition) is 6. The van der Waals surface area contributed by atoms with Crippen molar-refractivity contribution in [3.8, 4) is 11.9 Å². The van der Waals surface area contributed by atoms with E-state index in [0.717, 1.165) is 22.3 Å². The van der Waals surface area contributed by atoms with Gasteiger partial charge < -0.3 is 30.3 Å². The molecule has 6 atom stereocenters. The van der Waals surface area contributed by atoms with Gasteiger partial charge in [-0.25, -0.2) is 19.3 Å². The van der Waals surface area contributed by atoms with Gasteiger partial charge in [-0.15, -0.1) is 12.4 Å². The van der Waals surface area contributed by atoms with Crippen LogP contribution in [0, 0.1) is 0 Å². The van der Waals surface area contributed by atoms with Crippen molar-refractivity contribution in [3.63, 3.8) is 0 Å². The summed E-state index contributed by atoms with van der Waals surface area (Å²) in [4.78, 5) is 74.7. The molecule has 21 nitrogen and oxygen atoms in total. The molecule has 4 heterocycles. The first kappa shape index (κ1) is 74.8. The number of carbonyl (C=O) groups excluding carboxylic acids is 2. The molecule has 0 aliphatic heterocycles. The molecular weight excluding hydrogens is 1280 g/mol. The lowest BCUT2D eigenvalue weighted by atomic mass is 9.98. The third-order valence-corrected chi connectivity index (χ3v) is 18.5. The standard InChI is InChI=1S/C24H24N5O4P.C22H20N5O4P.C16H20NO2P.ClH.3H2S/c1-3-33-34(2,32)19-12-7-11-18(15-19)21(17-9-5-4-6-10-17)27-22(30)20-16-25-24(28-23(20)31)29-14-8-13-26-29;1-32(30,31)17-10-5-9-16(13-17)19(15-7-3-2-4-8-15)25-20(28)18-14-23-22(26-21(18)29)27-12-6-11-24-27;1-3-19-20(2,18)15-11-7-10-14(12-15)16(17)13-8-5-4-6-9-13;;;;/h4-16,21H,3H2,1-2H3,(H,27,30)(H,25,28,31);2-14,19H,1H3,(H,25,28)(H,30,31)(H,23,26,29);4-12,16H,3,17H2,1-2H3;1H;3*1H2/t21-,34?;19-;16-,20?;;;;/m000..../s1. The number of amides is 2. The summed E-state index contributed by atoms with van der Waals surface area (Å²) in [5.41, 5.74) is 9.60. The number of aromatic amines is 2. The third-order valence-electron chi connectivity index (χ3n) is 13.3. The van der Waals surface area contributed by atoms with Crippen molar-refractivity contribution in [1.82, 2.24) is 50.1 Å². The highest BCUT2D eigenvalue weighted by molar-refractivity contribution is 7.66. The van der Waals surface area contributed by atoms with Gasteiger partial charge in [0.2, 0.25) is 34.0 Å². The number of nitrogens with zero attached hydrogens (tertiary/aromatic N) is 6. The molecule has 0 fully saturated rings. The summed E-state index contributed by atoms with van der Waals surface area (Å²) in [5.74, 6) is -0.836. The van der Waals surface area contributed by atoms with E-state index in [2.05, 4.69) is 40.8 Å². The minimum absolute atomic E-state index is 0. The Hall–Kier alpha value is -7.69. The van der Waals surface area contributed by atoms with Crippen LogP contribution in [-0.2, 0) is 22.7 Å². The van der Waals surface area contributed by atoms with Crippen LogP contribution in [0.15, 0.2) is 223 Å². The first-order chi connectivity index (χ1) is 41.3. The van der Waals surface area contributed by atoms with Gasteiger partial charge in [-0.05, 0) is 95.8 Å². The molecule has 90 heavy (non-hydrogen) atoms. The second-order valence-corrected chi connectivity index (χ2v) is 26.7. The first-order valence-corrected chi connectivity index (χ1v) is 33.3. The maximum Gasteiger partial charge on any atom is 0.265 e. The van der Waals surface area contributed by atoms with Crippen molar-refractivity contribution in [3.05, 3.63) is 278 Å². The quantitative estimate of drug-likeness (QED) is 0.0411. The van der Waals surface area contributed by atoms with Gasteiger partial charge in [-0.3, -0.25) is 42.8 Å². The van der Waals surface area contributed by atoms with Gasteiger partial charge in [-0.1, -0.05) is 127 Å². The molecule has 474 valence electrons. The molecule has 28 heteroatoms. The van der Waals surface area contributed by atoms with Crippen LogP contribution in [0.2, 0.25) is 0 Å². The van der Waals surface area contributed by atoms with Gasteiger partial charge in [0.1, 0.15) is 11.1 Å². The molecule has 10 aromatic rings. The highest BCUT2D eigenvalue weighted by atomic mass is 35.5. The van der Waals surface area contributed by atoms with Gasteiger partial charge in [0.25, 0.3) is 22.9 Å². The van der Waals surface area contributed by atoms with Crippen molar-refractivity contribution in [2.45, 2.75) is 32.0 Å². The summed E-state index contributed by atoms with van der Waals surface area (Å²) < 4.78 is 51.2. The zero-order valence-electron chi connectivity index (χ0n) is 49.5. The molecule has 0 aliphatic rings. The molecule has 0 spiro atoms. The summed E-state index contributed by atoms with van der Waals surface area (Å²) in [5, 5.41) is 15.3. The Balaban J connectivity index is 0.000000291. The zero-order valence-corrected chi connectivity index (χ0v) is 56.0. The number of carbonyl (C=O) groups is 2. The summed E-state index contributed by atoms with van der Waals surface area (Å²) >= 11 is 0. The molecule has 0 saturated carbocycles. The topological polar surface area (TPSA) is 301 Å². The lowest BCUT2D eigenvalue weighted by molar-refractivity contribution is 0.0932. The molecule has 0 saturated heterocycles. The Labute approximate surface area is 547 Å². The number of H-pyrrole nitrogens is 2. The van der Waals surface area contributed by atoms with Gasteiger partial charge in [0.05, 0.1) is 31.3 Å². The first-order valence-electron chi connectivity index (χ1n) is 27.0. The number of hydrogen-bond acceptors (Lipinski definition) is 14. The normalized spacial score (nSPS) is 13.5. The molecule has 10 rings (SSSR count). The highest BCUT2D eigenvalue weighted by Crippen LogP contribution is 2.43. The Morgan fingerprint density at radius 2 is 0.867 bits per heavy atom. The van der Waals surface area contributed by atoms with E-state index in [1.54, 1.807) is 99.6 Å². The second-order valence-electron chi connectivity index (χ2n) is 19.5. The molecule has 2 amide bonds. The van der Waals surface area contributed by atoms with Crippen molar-refractivity contribution in [1.29, 1.82) is 0 Å². The van der Waals surface area contributed by atoms with E-state index in [4.69, 9.17) is 14.8 Å². The molecule has 6 aromatic carbocycles. The smallest absolute Gasteiger partial charge is 0.265 e. The van der Waals surface area contributed by atoms with E-state index in [-0.39, 0.29) is 87.3 Å². The van der Waals surface area contributed by atoms with Crippen LogP contribution in [0.25, 0.3) is 11.9 Å². The third kappa shape index (κ3) is 19.7. The molecule has 0 aliphatic carbocycles. The predicted octanol–water partition coefficient (Wildman–Crippen LogP) is 9.11. The Morgan fingerprint density at radius 3 is 1.22 bits per heavy atom. The van der Waals surface area contributed by atoms with Crippen LogP contribution in [0.3, 0.4) is 0 Å². The van der Waals surface area contributed by atoms with Crippen molar-refractivity contribution < 1.29 is 37.2 Å². The minimum atomic E-state index is -3.49. The molecule has 3 unspecified atom stereocenters. The minimum Gasteiger partial charge on any atom is -0.341 e. The van der Waals surface area contributed by atoms with E-state index in [1.807, 2.05) is 128 Å². The lowest BCUT2D eigenvalue weighted by Crippen LogP contribution is -2.34. The zero-order chi connectivity index (χ0) is 61.4. The fourth-order valence-corrected chi connectivity index (χ4v) is 12.4. The summed E-state index contributed by atoms with van der Waals surface area (Å²) in [6, 6.07) is 51.4. The fourth-order valence-electron chi connectivity index (χ4n) is 8.93. The lowest BCUT2D eigenvalue weighted by Gasteiger charge is -2.21. The van der Waals surface area contributed by atoms with E-state index in [1.165, 1.54) is 28.4 Å². The van der Waals surface area contributed by atoms with Crippen molar-refractivity contribution in [2.24, 2.45) is 5.73 Å². The largest absolute Gasteiger partial charge is 0.341 e. The Kier molecular flexibility index (Phi) is 28.7. The second kappa shape index (κ2) is 34.5. The summed E-state index contributed by atoms with van der Waals surface area (Å²) in [6.45, 7) is 8.85. The van der Waals surface area contributed by atoms with E-state index >= 15 is 0 Å². The number of benzene rings is 6. The van der Waals surface area contributed by atoms with Gasteiger partial charge in [-0.2, -0.15) is 50.7 Å². The molecule has 4 aromatic heterocycles. The van der Waals surface area contributed by atoms with E-state index < -0.39 is 57.1 Å². The summed E-state index contributed by atoms with van der Waals surface area (Å²) in [7, 11) is -9.27. The molecular formula is C62H71ClN11O10P3S3. The number of nitrogens with two attached hydrogens (primary N) is 1. The van der Waals surface area contributed by atoms with Gasteiger partial charge >= 0.3 is 0 Å². The fraction of sp³-hybridized carbons (Fsp3) is 0.161. The molecule has 0 bridgehead atoms. The van der Waals surface area contributed by atoms with Gasteiger partial charge in [0, 0.05) is 73.1 Å². The predicted molar refractivity (Wildman–Crippen MR) is 371 cm³/mol. The number of halogens is 1. The van der Waals surface area contributed by atoms with Crippen LogP contribution in [-0.4, -0.2) is 89.4 Å². The SMILES string of the molecule is CCOP(C)(=O)c1cccc([C@@H](N)c2ccccc2)c1.CCOP(C)(=O)c1cccc([C@@H](NC(=O)c2cnc(-n3cccn3)[nH]c2=O)c2ccccc2)c1.CP(=O)(O)c1cccc([C@@H](NC(=O)c2cnc(-n3cccn3)[nH]c2=O)c2ccccc2)c1.Cl.S.S.S. The highest BCUT2D eigenvalue weighted by Gasteiger charge is 2.26. The van der Waals surface area contributed by atoms with E-state index in [0.29, 0.717) is 34.9 Å². The average Bonchev–Trinajstić information content (AvgIpc) is 1.19. The Bertz CT molecular complexity index is 4190. The molecule has 0 radical (unpaired) electrons.